The van der Waals surface area contributed by atoms with Crippen molar-refractivity contribution in [2.45, 2.75) is 30.3 Å². The maximum atomic E-state index is 14.4. The van der Waals surface area contributed by atoms with E-state index in [-0.39, 0.29) is 23.4 Å². The molecular weight excluding hydrogens is 494 g/mol. The van der Waals surface area contributed by atoms with Gasteiger partial charge in [0.15, 0.2) is 5.78 Å². The van der Waals surface area contributed by atoms with Crippen LogP contribution in [0.2, 0.25) is 5.02 Å². The number of fused-ring (bicyclic) bond motifs is 4. The van der Waals surface area contributed by atoms with Crippen molar-refractivity contribution >= 4 is 34.7 Å². The summed E-state index contributed by atoms with van der Waals surface area (Å²) >= 11 is 6.11. The first-order valence-corrected chi connectivity index (χ1v) is 12.5. The summed E-state index contributed by atoms with van der Waals surface area (Å²) in [5, 5.41) is 15.2. The first-order chi connectivity index (χ1) is 17.9. The summed E-state index contributed by atoms with van der Waals surface area (Å²) in [6.07, 6.45) is 1.62. The zero-order valence-electron chi connectivity index (χ0n) is 20.0. The number of carbonyl (C=O) groups excluding carboxylic acids is 2. The number of hydrogen-bond donors (Lipinski definition) is 1. The van der Waals surface area contributed by atoms with Gasteiger partial charge in [-0.05, 0) is 67.4 Å². The third-order valence-corrected chi connectivity index (χ3v) is 8.34. The number of non-ortho nitro benzene ring substituents is 1. The molecule has 0 saturated carbocycles. The molecule has 4 atom stereocenters. The molecule has 3 aromatic carbocycles. The Morgan fingerprint density at radius 3 is 2.68 bits per heavy atom. The highest BCUT2D eigenvalue weighted by Crippen LogP contribution is 2.61. The minimum absolute atomic E-state index is 0.0429. The summed E-state index contributed by atoms with van der Waals surface area (Å²) in [4.78, 5) is 41.9. The van der Waals surface area contributed by atoms with E-state index in [4.69, 9.17) is 16.3 Å². The minimum atomic E-state index is -1.28. The van der Waals surface area contributed by atoms with Gasteiger partial charge in [0.2, 0.25) is 5.91 Å². The van der Waals surface area contributed by atoms with Crippen molar-refractivity contribution in [3.05, 3.63) is 98.6 Å². The number of Topliss-reactive ketones (excluding diaryl/α,β-unsaturated/α-hetero) is 1. The van der Waals surface area contributed by atoms with Gasteiger partial charge in [-0.2, -0.15) is 0 Å². The Hall–Kier alpha value is -3.75. The summed E-state index contributed by atoms with van der Waals surface area (Å²) in [5.74, 6) is -1.14. The van der Waals surface area contributed by atoms with E-state index in [2.05, 4.69) is 10.2 Å². The standard InChI is InChI=1S/C28H24ClN3O5/c1-37-20-11-12-22-21(15-20)28(27(34)30-22)25(26(33)16-7-9-18(29)10-8-16)24(23-6-3-13-31(23)28)17-4-2-5-19(14-17)32(35)36/h2,4-5,7-12,14-15,23-25H,3,6,13H2,1H3,(H,30,34)/t23?,24?,25?,28-/m1/s1. The van der Waals surface area contributed by atoms with E-state index in [1.54, 1.807) is 55.6 Å². The van der Waals surface area contributed by atoms with Gasteiger partial charge in [0.25, 0.3) is 5.69 Å². The molecule has 8 nitrogen and oxygen atoms in total. The predicted molar refractivity (Wildman–Crippen MR) is 138 cm³/mol. The molecule has 1 spiro atoms. The Morgan fingerprint density at radius 1 is 1.16 bits per heavy atom. The van der Waals surface area contributed by atoms with Crippen LogP contribution < -0.4 is 10.1 Å². The fourth-order valence-electron chi connectivity index (χ4n) is 6.68. The average molecular weight is 518 g/mol. The number of halogens is 1. The molecule has 2 saturated heterocycles. The lowest BCUT2D eigenvalue weighted by molar-refractivity contribution is -0.384. The fourth-order valence-corrected chi connectivity index (χ4v) is 6.81. The van der Waals surface area contributed by atoms with E-state index in [0.717, 1.165) is 12.8 Å². The Kier molecular flexibility index (Phi) is 5.54. The molecular formula is C28H24ClN3O5. The van der Waals surface area contributed by atoms with Crippen LogP contribution in [-0.4, -0.2) is 41.2 Å². The van der Waals surface area contributed by atoms with Gasteiger partial charge in [0, 0.05) is 45.9 Å². The molecule has 6 rings (SSSR count). The van der Waals surface area contributed by atoms with E-state index in [0.29, 0.717) is 39.7 Å². The molecule has 0 radical (unpaired) electrons. The normalized spacial score (nSPS) is 26.1. The second-order valence-electron chi connectivity index (χ2n) is 9.76. The molecule has 1 N–H and O–H groups in total. The first kappa shape index (κ1) is 23.6. The Labute approximate surface area is 218 Å². The minimum Gasteiger partial charge on any atom is -0.497 e. The fraction of sp³-hybridized carbons (Fsp3) is 0.286. The van der Waals surface area contributed by atoms with Crippen LogP contribution in [0.25, 0.3) is 0 Å². The van der Waals surface area contributed by atoms with Gasteiger partial charge >= 0.3 is 0 Å². The zero-order chi connectivity index (χ0) is 25.9. The monoisotopic (exact) mass is 517 g/mol. The number of nitro groups is 1. The lowest BCUT2D eigenvalue weighted by Gasteiger charge is -2.37. The molecule has 188 valence electrons. The Bertz CT molecular complexity index is 1440. The van der Waals surface area contributed by atoms with Crippen LogP contribution in [-0.2, 0) is 10.3 Å². The molecule has 3 unspecified atom stereocenters. The summed E-state index contributed by atoms with van der Waals surface area (Å²) in [5.41, 5.74) is 1.14. The van der Waals surface area contributed by atoms with Crippen molar-refractivity contribution in [1.82, 2.24) is 4.90 Å². The maximum Gasteiger partial charge on any atom is 0.269 e. The van der Waals surface area contributed by atoms with Crippen molar-refractivity contribution in [3.8, 4) is 5.75 Å². The molecule has 3 aliphatic heterocycles. The third-order valence-electron chi connectivity index (χ3n) is 8.08. The predicted octanol–water partition coefficient (Wildman–Crippen LogP) is 5.17. The number of nitrogens with one attached hydrogen (secondary N) is 1. The highest BCUT2D eigenvalue weighted by molar-refractivity contribution is 6.30. The number of nitro benzene ring substituents is 1. The molecule has 3 heterocycles. The van der Waals surface area contributed by atoms with E-state index in [9.17, 15) is 19.7 Å². The van der Waals surface area contributed by atoms with Crippen molar-refractivity contribution in [2.24, 2.45) is 5.92 Å². The van der Waals surface area contributed by atoms with Gasteiger partial charge in [0.1, 0.15) is 11.3 Å². The zero-order valence-corrected chi connectivity index (χ0v) is 20.8. The average Bonchev–Trinajstić information content (AvgIpc) is 3.57. The molecule has 3 aromatic rings. The topological polar surface area (TPSA) is 102 Å². The second-order valence-corrected chi connectivity index (χ2v) is 10.2. The lowest BCUT2D eigenvalue weighted by atomic mass is 9.68. The second kappa shape index (κ2) is 8.68. The highest BCUT2D eigenvalue weighted by atomic mass is 35.5. The first-order valence-electron chi connectivity index (χ1n) is 12.2. The third kappa shape index (κ3) is 3.39. The van der Waals surface area contributed by atoms with Gasteiger partial charge < -0.3 is 10.1 Å². The number of rotatable bonds is 5. The number of hydrogen-bond acceptors (Lipinski definition) is 6. The summed E-state index contributed by atoms with van der Waals surface area (Å²) in [7, 11) is 1.56. The Morgan fingerprint density at radius 2 is 1.95 bits per heavy atom. The molecule has 0 aliphatic carbocycles. The number of benzene rings is 3. The Balaban J connectivity index is 1.62. The van der Waals surface area contributed by atoms with Crippen molar-refractivity contribution in [3.63, 3.8) is 0 Å². The van der Waals surface area contributed by atoms with Crippen LogP contribution in [0, 0.1) is 16.0 Å². The van der Waals surface area contributed by atoms with E-state index < -0.39 is 22.3 Å². The van der Waals surface area contributed by atoms with Crippen molar-refractivity contribution in [2.75, 3.05) is 19.0 Å². The molecule has 2 fully saturated rings. The molecule has 3 aliphatic rings. The number of ether oxygens (including phenoxy) is 1. The van der Waals surface area contributed by atoms with Crippen LogP contribution in [0.4, 0.5) is 11.4 Å². The molecule has 37 heavy (non-hydrogen) atoms. The summed E-state index contributed by atoms with van der Waals surface area (Å²) in [6, 6.07) is 18.4. The lowest BCUT2D eigenvalue weighted by Crippen LogP contribution is -2.52. The number of methoxy groups -OCH3 is 1. The van der Waals surface area contributed by atoms with Crippen LogP contribution in [0.1, 0.15) is 40.2 Å². The van der Waals surface area contributed by atoms with Crippen LogP contribution in [0.15, 0.2) is 66.7 Å². The van der Waals surface area contributed by atoms with Gasteiger partial charge in [0.05, 0.1) is 18.0 Å². The number of anilines is 1. The van der Waals surface area contributed by atoms with Gasteiger partial charge in [-0.3, -0.25) is 24.6 Å². The van der Waals surface area contributed by atoms with Crippen molar-refractivity contribution < 1.29 is 19.2 Å². The molecule has 1 amide bonds. The highest BCUT2D eigenvalue weighted by Gasteiger charge is 2.69. The molecule has 9 heteroatoms. The quantitative estimate of drug-likeness (QED) is 0.285. The number of carbonyl (C=O) groups is 2. The van der Waals surface area contributed by atoms with Crippen LogP contribution >= 0.6 is 11.6 Å². The molecule has 0 aromatic heterocycles. The van der Waals surface area contributed by atoms with Gasteiger partial charge in [-0.25, -0.2) is 0 Å². The van der Waals surface area contributed by atoms with Gasteiger partial charge in [-0.1, -0.05) is 23.7 Å². The molecule has 0 bridgehead atoms. The van der Waals surface area contributed by atoms with E-state index in [1.807, 2.05) is 12.1 Å². The number of ketones is 1. The SMILES string of the molecule is COc1ccc2c(c1)[C@]1(C(=O)N2)C(C(=O)c2ccc(Cl)cc2)C(c2cccc([N+](=O)[O-])c2)C2CCCN21. The summed E-state index contributed by atoms with van der Waals surface area (Å²) < 4.78 is 5.50. The smallest absolute Gasteiger partial charge is 0.269 e. The maximum absolute atomic E-state index is 14.4. The van der Waals surface area contributed by atoms with Crippen LogP contribution in [0.5, 0.6) is 5.75 Å². The van der Waals surface area contributed by atoms with Crippen LogP contribution in [0.3, 0.4) is 0 Å². The number of amides is 1. The largest absolute Gasteiger partial charge is 0.497 e. The van der Waals surface area contributed by atoms with Crippen molar-refractivity contribution in [1.29, 1.82) is 0 Å². The van der Waals surface area contributed by atoms with E-state index in [1.165, 1.54) is 6.07 Å². The van der Waals surface area contributed by atoms with Gasteiger partial charge in [-0.15, -0.1) is 0 Å². The van der Waals surface area contributed by atoms with E-state index >= 15 is 0 Å². The summed E-state index contributed by atoms with van der Waals surface area (Å²) in [6.45, 7) is 0.630. The number of nitrogens with zero attached hydrogens (tertiary/aromatic N) is 2.